The number of likely N-dealkylation sites (N-methyl/N-ethyl adjacent to an activating group) is 1. The molecule has 0 spiro atoms. The maximum absolute atomic E-state index is 13.6. The highest BCUT2D eigenvalue weighted by atomic mass is 16.6. The highest BCUT2D eigenvalue weighted by Crippen LogP contribution is 2.35. The summed E-state index contributed by atoms with van der Waals surface area (Å²) in [7, 11) is 2.04. The zero-order valence-electron chi connectivity index (χ0n) is 26.9. The van der Waals surface area contributed by atoms with Crippen LogP contribution in [0.2, 0.25) is 0 Å². The fourth-order valence-corrected chi connectivity index (χ4v) is 5.92. The summed E-state index contributed by atoms with van der Waals surface area (Å²) >= 11 is 0. The highest BCUT2D eigenvalue weighted by Gasteiger charge is 2.27. The van der Waals surface area contributed by atoms with Crippen LogP contribution in [0.5, 0.6) is 0 Å². The fraction of sp³-hybridized carbons (Fsp3) is 0.471. The minimum absolute atomic E-state index is 0.161. The lowest BCUT2D eigenvalue weighted by Crippen LogP contribution is -2.50. The first kappa shape index (κ1) is 31.1. The molecule has 0 unspecified atom stereocenters. The van der Waals surface area contributed by atoms with Crippen LogP contribution >= 0.6 is 0 Å². The summed E-state index contributed by atoms with van der Waals surface area (Å²) in [6, 6.07) is 10.1. The summed E-state index contributed by atoms with van der Waals surface area (Å²) in [6.07, 6.45) is 2.34. The predicted molar refractivity (Wildman–Crippen MR) is 174 cm³/mol. The van der Waals surface area contributed by atoms with Crippen molar-refractivity contribution in [1.82, 2.24) is 20.2 Å². The molecule has 2 N–H and O–H groups in total. The van der Waals surface area contributed by atoms with E-state index in [9.17, 15) is 14.4 Å². The number of hydrogen-bond acceptors (Lipinski definition) is 7. The molecule has 0 aliphatic carbocycles. The lowest BCUT2D eigenvalue weighted by molar-refractivity contribution is 0.0240. The van der Waals surface area contributed by atoms with E-state index in [1.54, 1.807) is 4.90 Å². The smallest absolute Gasteiger partial charge is 0.410 e. The number of anilines is 2. The molecule has 0 radical (unpaired) electrons. The third-order valence-electron chi connectivity index (χ3n) is 8.27. The van der Waals surface area contributed by atoms with Crippen LogP contribution in [0.15, 0.2) is 41.3 Å². The normalized spacial score (nSPS) is 15.0. The van der Waals surface area contributed by atoms with E-state index in [1.165, 1.54) is 0 Å². The molecule has 0 saturated carbocycles. The van der Waals surface area contributed by atoms with Gasteiger partial charge in [0.05, 0.1) is 0 Å². The molecular formula is C34H44N6O4. The molecule has 0 bridgehead atoms. The van der Waals surface area contributed by atoms with E-state index < -0.39 is 5.60 Å². The quantitative estimate of drug-likeness (QED) is 0.416. The van der Waals surface area contributed by atoms with Crippen molar-refractivity contribution < 1.29 is 14.3 Å². The van der Waals surface area contributed by atoms with E-state index >= 15 is 0 Å². The van der Waals surface area contributed by atoms with Crippen LogP contribution in [0.1, 0.15) is 73.3 Å². The van der Waals surface area contributed by atoms with Gasteiger partial charge in [-0.2, -0.15) is 0 Å². The number of H-pyrrole nitrogens is 1. The monoisotopic (exact) mass is 600 g/mol. The van der Waals surface area contributed by atoms with Crippen molar-refractivity contribution in [1.29, 1.82) is 0 Å². The van der Waals surface area contributed by atoms with E-state index in [4.69, 9.17) is 9.72 Å². The van der Waals surface area contributed by atoms with Gasteiger partial charge in [-0.15, -0.1) is 0 Å². The van der Waals surface area contributed by atoms with Crippen molar-refractivity contribution in [3.63, 3.8) is 0 Å². The molecule has 5 rings (SSSR count). The van der Waals surface area contributed by atoms with Gasteiger partial charge >= 0.3 is 6.09 Å². The molecule has 10 heteroatoms. The lowest BCUT2D eigenvalue weighted by atomic mass is 9.96. The number of nitrogens with zero attached hydrogens (tertiary/aromatic N) is 4. The number of aromatic nitrogens is 2. The first-order valence-corrected chi connectivity index (χ1v) is 15.4. The molecule has 44 heavy (non-hydrogen) atoms. The molecular weight excluding hydrogens is 556 g/mol. The maximum atomic E-state index is 13.6. The van der Waals surface area contributed by atoms with Crippen molar-refractivity contribution in [3.8, 4) is 11.1 Å². The van der Waals surface area contributed by atoms with Crippen molar-refractivity contribution in [2.75, 3.05) is 49.6 Å². The summed E-state index contributed by atoms with van der Waals surface area (Å²) in [5, 5.41) is 3.03. The first-order valence-electron chi connectivity index (χ1n) is 15.4. The van der Waals surface area contributed by atoms with Gasteiger partial charge < -0.3 is 29.7 Å². The molecule has 0 atom stereocenters. The third-order valence-corrected chi connectivity index (χ3v) is 8.27. The molecule has 10 nitrogen and oxygen atoms in total. The Bertz CT molecular complexity index is 1600. The van der Waals surface area contributed by atoms with Crippen LogP contribution < -0.4 is 20.7 Å². The average molecular weight is 601 g/mol. The molecule has 234 valence electrons. The molecule has 4 heterocycles. The number of amides is 2. The van der Waals surface area contributed by atoms with Crippen LogP contribution in [-0.4, -0.2) is 72.2 Å². The second kappa shape index (κ2) is 12.3. The molecule has 1 aromatic carbocycles. The number of ether oxygens (including phenoxy) is 1. The summed E-state index contributed by atoms with van der Waals surface area (Å²) in [5.41, 5.74) is 6.17. The number of aryl methyl sites for hydroxylation is 1. The third kappa shape index (κ3) is 6.74. The zero-order valence-corrected chi connectivity index (χ0v) is 26.9. The Kier molecular flexibility index (Phi) is 8.72. The highest BCUT2D eigenvalue weighted by molar-refractivity contribution is 5.99. The van der Waals surface area contributed by atoms with E-state index in [2.05, 4.69) is 40.0 Å². The van der Waals surface area contributed by atoms with Crippen LogP contribution in [0.4, 0.5) is 16.3 Å². The van der Waals surface area contributed by atoms with Crippen LogP contribution in [0.3, 0.4) is 0 Å². The number of aromatic amines is 1. The molecule has 2 amide bonds. The molecule has 3 aromatic rings. The Hall–Kier alpha value is -4.34. The van der Waals surface area contributed by atoms with Gasteiger partial charge in [-0.25, -0.2) is 9.78 Å². The van der Waals surface area contributed by atoms with Gasteiger partial charge in [-0.1, -0.05) is 13.8 Å². The van der Waals surface area contributed by atoms with Gasteiger partial charge in [0, 0.05) is 80.6 Å². The number of piperazine rings is 1. The number of rotatable bonds is 6. The number of hydrogen-bond donors (Lipinski definition) is 2. The van der Waals surface area contributed by atoms with Crippen LogP contribution in [-0.2, 0) is 17.7 Å². The van der Waals surface area contributed by atoms with Crippen molar-refractivity contribution >= 4 is 23.5 Å². The molecule has 2 aliphatic heterocycles. The molecule has 1 saturated heterocycles. The fourth-order valence-electron chi connectivity index (χ4n) is 5.92. The summed E-state index contributed by atoms with van der Waals surface area (Å²) in [6.45, 7) is 15.1. The van der Waals surface area contributed by atoms with E-state index in [0.29, 0.717) is 37.3 Å². The summed E-state index contributed by atoms with van der Waals surface area (Å²) < 4.78 is 5.52. The minimum Gasteiger partial charge on any atom is -0.444 e. The second-order valence-electron chi connectivity index (χ2n) is 13.1. The van der Waals surface area contributed by atoms with Crippen LogP contribution in [0.25, 0.3) is 11.1 Å². The Morgan fingerprint density at radius 3 is 2.41 bits per heavy atom. The van der Waals surface area contributed by atoms with Gasteiger partial charge in [-0.05, 0) is 87.1 Å². The van der Waals surface area contributed by atoms with E-state index in [1.807, 2.05) is 65.2 Å². The van der Waals surface area contributed by atoms with Crippen LogP contribution in [0, 0.1) is 6.92 Å². The van der Waals surface area contributed by atoms with Gasteiger partial charge in [-0.3, -0.25) is 9.59 Å². The predicted octanol–water partition coefficient (Wildman–Crippen LogP) is 4.85. The zero-order chi connectivity index (χ0) is 31.8. The standard InChI is InChI=1S/C34H44N6O4/c1-21(2)26-16-22(3)37-32(42)28(26)20-36-31(41)27-17-24(18-29-25(27)10-11-38(29)7)23-8-9-30(35-19-23)39-12-14-40(15-13-39)33(43)44-34(4,5)6/h8-9,16-19,21H,10-15,20H2,1-7H3,(H,36,41)(H,37,42). The number of carbonyl (C=O) groups is 2. The minimum atomic E-state index is -0.518. The average Bonchev–Trinajstić information content (AvgIpc) is 3.35. The molecule has 2 aromatic heterocycles. The number of carbonyl (C=O) groups excluding carboxylic acids is 2. The number of fused-ring (bicyclic) bond motifs is 1. The lowest BCUT2D eigenvalue weighted by Gasteiger charge is -2.36. The second-order valence-corrected chi connectivity index (χ2v) is 13.1. The Morgan fingerprint density at radius 1 is 1.05 bits per heavy atom. The van der Waals surface area contributed by atoms with Gasteiger partial charge in [0.1, 0.15) is 11.4 Å². The Morgan fingerprint density at radius 2 is 1.77 bits per heavy atom. The molecule has 2 aliphatic rings. The van der Waals surface area contributed by atoms with Gasteiger partial charge in [0.25, 0.3) is 11.5 Å². The SMILES string of the molecule is Cc1cc(C(C)C)c(CNC(=O)c2cc(-c3ccc(N4CCN(C(=O)OC(C)(C)C)CC4)nc3)cc3c2CCN3C)c(=O)[nH]1. The largest absolute Gasteiger partial charge is 0.444 e. The van der Waals surface area contributed by atoms with Crippen molar-refractivity contribution in [2.24, 2.45) is 0 Å². The number of pyridine rings is 2. The number of benzene rings is 1. The Labute approximate surface area is 259 Å². The van der Waals surface area contributed by atoms with Crippen molar-refractivity contribution in [3.05, 3.63) is 74.8 Å². The van der Waals surface area contributed by atoms with E-state index in [-0.39, 0.29) is 30.0 Å². The first-order chi connectivity index (χ1) is 20.8. The topological polar surface area (TPSA) is 111 Å². The summed E-state index contributed by atoms with van der Waals surface area (Å²) in [5.74, 6) is 0.812. The number of nitrogens with one attached hydrogen (secondary N) is 2. The van der Waals surface area contributed by atoms with E-state index in [0.717, 1.165) is 52.4 Å². The van der Waals surface area contributed by atoms with Crippen molar-refractivity contribution in [2.45, 2.75) is 66.0 Å². The maximum Gasteiger partial charge on any atom is 0.410 e. The molecule has 1 fully saturated rings. The van der Waals surface area contributed by atoms with Gasteiger partial charge in [0.15, 0.2) is 0 Å². The Balaban J connectivity index is 1.33. The summed E-state index contributed by atoms with van der Waals surface area (Å²) in [4.78, 5) is 52.6. The van der Waals surface area contributed by atoms with Gasteiger partial charge in [0.2, 0.25) is 0 Å².